The number of nitrogen functional groups attached to an aromatic ring is 1. The van der Waals surface area contributed by atoms with Gasteiger partial charge in [0.05, 0.1) is 18.1 Å². The molecule has 0 saturated heterocycles. The summed E-state index contributed by atoms with van der Waals surface area (Å²) in [4.78, 5) is 11.6. The molecule has 0 spiro atoms. The van der Waals surface area contributed by atoms with Gasteiger partial charge in [-0.2, -0.15) is 0 Å². The highest BCUT2D eigenvalue weighted by Gasteiger charge is 2.20. The number of hydrogen-bond donors (Lipinski definition) is 1. The van der Waals surface area contributed by atoms with E-state index in [0.29, 0.717) is 10.7 Å². The third-order valence-corrected chi connectivity index (χ3v) is 5.26. The van der Waals surface area contributed by atoms with Crippen LogP contribution in [0.3, 0.4) is 0 Å². The number of rotatable bonds is 5. The minimum atomic E-state index is -0.260. The average molecular weight is 350 g/mol. The third-order valence-electron chi connectivity index (χ3n) is 3.76. The van der Waals surface area contributed by atoms with Crippen LogP contribution in [0.25, 0.3) is 0 Å². The largest absolute Gasteiger partial charge is 0.468 e. The number of carbonyl (C=O) groups excluding carboxylic acids is 1. The van der Waals surface area contributed by atoms with Gasteiger partial charge < -0.3 is 10.5 Å². The lowest BCUT2D eigenvalue weighted by molar-refractivity contribution is -0.137. The van der Waals surface area contributed by atoms with E-state index in [2.05, 4.69) is 32.0 Å². The number of benzene rings is 2. The first-order chi connectivity index (χ1) is 10.9. The van der Waals surface area contributed by atoms with Crippen LogP contribution >= 0.6 is 23.4 Å². The van der Waals surface area contributed by atoms with E-state index >= 15 is 0 Å². The molecule has 0 bridgehead atoms. The maximum atomic E-state index is 11.6. The van der Waals surface area contributed by atoms with Crippen molar-refractivity contribution in [2.75, 3.05) is 18.6 Å². The van der Waals surface area contributed by atoms with E-state index in [4.69, 9.17) is 22.1 Å². The van der Waals surface area contributed by atoms with Gasteiger partial charge in [-0.05, 0) is 54.3 Å². The first-order valence-corrected chi connectivity index (χ1v) is 8.65. The van der Waals surface area contributed by atoms with Crippen LogP contribution < -0.4 is 5.73 Å². The zero-order valence-electron chi connectivity index (χ0n) is 13.4. The number of esters is 1. The molecule has 0 aliphatic heterocycles. The average Bonchev–Trinajstić information content (AvgIpc) is 2.53. The van der Waals surface area contributed by atoms with Gasteiger partial charge >= 0.3 is 5.97 Å². The van der Waals surface area contributed by atoms with Crippen molar-refractivity contribution in [2.24, 2.45) is 0 Å². The van der Waals surface area contributed by atoms with Crippen molar-refractivity contribution in [3.8, 4) is 0 Å². The molecule has 122 valence electrons. The van der Waals surface area contributed by atoms with Gasteiger partial charge in [0.15, 0.2) is 0 Å². The Morgan fingerprint density at radius 2 is 1.96 bits per heavy atom. The summed E-state index contributed by atoms with van der Waals surface area (Å²) in [5.74, 6) is -0.00974. The molecule has 23 heavy (non-hydrogen) atoms. The topological polar surface area (TPSA) is 52.3 Å². The van der Waals surface area contributed by atoms with Crippen LogP contribution in [0.4, 0.5) is 5.69 Å². The molecule has 0 saturated carbocycles. The van der Waals surface area contributed by atoms with Gasteiger partial charge in [-0.15, -0.1) is 11.8 Å². The molecule has 3 nitrogen and oxygen atoms in total. The summed E-state index contributed by atoms with van der Waals surface area (Å²) < 4.78 is 4.75. The lowest BCUT2D eigenvalue weighted by Gasteiger charge is -2.20. The van der Waals surface area contributed by atoms with E-state index in [0.717, 1.165) is 11.1 Å². The maximum Gasteiger partial charge on any atom is 0.315 e. The first-order valence-electron chi connectivity index (χ1n) is 7.23. The van der Waals surface area contributed by atoms with Crippen LogP contribution in [-0.4, -0.2) is 18.8 Å². The van der Waals surface area contributed by atoms with Crippen molar-refractivity contribution >= 4 is 35.0 Å². The normalized spacial score (nSPS) is 12.0. The molecule has 2 N–H and O–H groups in total. The molecule has 2 rings (SSSR count). The minimum Gasteiger partial charge on any atom is -0.468 e. The van der Waals surface area contributed by atoms with Crippen molar-refractivity contribution in [3.05, 3.63) is 63.7 Å². The summed E-state index contributed by atoms with van der Waals surface area (Å²) in [6, 6.07) is 11.7. The lowest BCUT2D eigenvalue weighted by Crippen LogP contribution is -2.08. The predicted molar refractivity (Wildman–Crippen MR) is 98.1 cm³/mol. The third kappa shape index (κ3) is 4.43. The van der Waals surface area contributed by atoms with Crippen molar-refractivity contribution in [3.63, 3.8) is 0 Å². The quantitative estimate of drug-likeness (QED) is 0.636. The Kier molecular flexibility index (Phi) is 5.97. The molecule has 0 aliphatic rings. The molecule has 0 aliphatic carbocycles. The molecule has 5 heteroatoms. The zero-order chi connectivity index (χ0) is 17.0. The van der Waals surface area contributed by atoms with E-state index in [1.54, 1.807) is 12.1 Å². The first kappa shape index (κ1) is 17.7. The Bertz CT molecular complexity index is 718. The fourth-order valence-electron chi connectivity index (χ4n) is 2.28. The fourth-order valence-corrected chi connectivity index (χ4v) is 3.60. The highest BCUT2D eigenvalue weighted by atomic mass is 35.5. The lowest BCUT2D eigenvalue weighted by atomic mass is 9.99. The molecule has 0 amide bonds. The van der Waals surface area contributed by atoms with E-state index in [-0.39, 0.29) is 17.0 Å². The number of hydrogen-bond acceptors (Lipinski definition) is 4. The standard InChI is InChI=1S/C18H20ClNO2S/c1-11-4-5-13(8-12(11)2)18(23-10-17(21)22-3)15-9-14(19)6-7-16(15)20/h4-9,18H,10,20H2,1-3H3. The molecule has 2 aromatic carbocycles. The second-order valence-corrected chi connectivity index (χ2v) is 6.91. The summed E-state index contributed by atoms with van der Waals surface area (Å²) in [6.45, 7) is 4.14. The number of halogens is 1. The van der Waals surface area contributed by atoms with Gasteiger partial charge in [0.2, 0.25) is 0 Å². The molecule has 0 heterocycles. The number of anilines is 1. The summed E-state index contributed by atoms with van der Waals surface area (Å²) in [7, 11) is 1.39. The highest BCUT2D eigenvalue weighted by molar-refractivity contribution is 8.00. The Labute approximate surface area is 146 Å². The van der Waals surface area contributed by atoms with Crippen molar-refractivity contribution in [1.82, 2.24) is 0 Å². The Hall–Kier alpha value is -1.65. The molecule has 1 unspecified atom stereocenters. The number of ether oxygens (including phenoxy) is 1. The van der Waals surface area contributed by atoms with Crippen molar-refractivity contribution < 1.29 is 9.53 Å². The number of carbonyl (C=O) groups is 1. The second-order valence-electron chi connectivity index (χ2n) is 5.38. The zero-order valence-corrected chi connectivity index (χ0v) is 15.0. The maximum absolute atomic E-state index is 11.6. The molecule has 0 aromatic heterocycles. The van der Waals surface area contributed by atoms with Crippen LogP contribution in [0.15, 0.2) is 36.4 Å². The van der Waals surface area contributed by atoms with Gasteiger partial charge in [-0.1, -0.05) is 29.8 Å². The summed E-state index contributed by atoms with van der Waals surface area (Å²) >= 11 is 7.62. The monoisotopic (exact) mass is 349 g/mol. The molecule has 2 aromatic rings. The van der Waals surface area contributed by atoms with E-state index in [1.165, 1.54) is 30.0 Å². The van der Waals surface area contributed by atoms with Crippen LogP contribution in [-0.2, 0) is 9.53 Å². The highest BCUT2D eigenvalue weighted by Crippen LogP contribution is 2.40. The molecular formula is C18H20ClNO2S. The number of methoxy groups -OCH3 is 1. The SMILES string of the molecule is COC(=O)CSC(c1ccc(C)c(C)c1)c1cc(Cl)ccc1N. The fraction of sp³-hybridized carbons (Fsp3) is 0.278. The minimum absolute atomic E-state index is 0.0768. The molecule has 1 atom stereocenters. The summed E-state index contributed by atoms with van der Waals surface area (Å²) in [5, 5.41) is 0.550. The van der Waals surface area contributed by atoms with Crippen LogP contribution in [0.1, 0.15) is 27.5 Å². The van der Waals surface area contributed by atoms with Gasteiger partial charge in [-0.3, -0.25) is 4.79 Å². The van der Waals surface area contributed by atoms with Gasteiger partial charge in [-0.25, -0.2) is 0 Å². The van der Waals surface area contributed by atoms with Crippen LogP contribution in [0.5, 0.6) is 0 Å². The van der Waals surface area contributed by atoms with E-state index in [9.17, 15) is 4.79 Å². The molecular weight excluding hydrogens is 330 g/mol. The Morgan fingerprint density at radius 3 is 2.61 bits per heavy atom. The Balaban J connectivity index is 2.44. The molecule has 0 radical (unpaired) electrons. The smallest absolute Gasteiger partial charge is 0.315 e. The summed E-state index contributed by atoms with van der Waals surface area (Å²) in [5.41, 5.74) is 11.2. The van der Waals surface area contributed by atoms with Gasteiger partial charge in [0.1, 0.15) is 0 Å². The van der Waals surface area contributed by atoms with Gasteiger partial charge in [0, 0.05) is 10.7 Å². The van der Waals surface area contributed by atoms with E-state index < -0.39 is 0 Å². The predicted octanol–water partition coefficient (Wildman–Crippen LogP) is 4.53. The second kappa shape index (κ2) is 7.75. The van der Waals surface area contributed by atoms with Crippen molar-refractivity contribution in [1.29, 1.82) is 0 Å². The van der Waals surface area contributed by atoms with Crippen LogP contribution in [0.2, 0.25) is 5.02 Å². The Morgan fingerprint density at radius 1 is 1.22 bits per heavy atom. The van der Waals surface area contributed by atoms with Gasteiger partial charge in [0.25, 0.3) is 0 Å². The number of thioether (sulfide) groups is 1. The summed E-state index contributed by atoms with van der Waals surface area (Å²) in [6.07, 6.45) is 0. The molecule has 0 fully saturated rings. The number of nitrogens with two attached hydrogens (primary N) is 1. The van der Waals surface area contributed by atoms with Crippen molar-refractivity contribution in [2.45, 2.75) is 19.1 Å². The number of aryl methyl sites for hydroxylation is 2. The van der Waals surface area contributed by atoms with E-state index in [1.807, 2.05) is 6.07 Å². The van der Waals surface area contributed by atoms with Crippen LogP contribution in [0, 0.1) is 13.8 Å².